The Bertz CT molecular complexity index is 513. The molecule has 6 nitrogen and oxygen atoms in total. The lowest BCUT2D eigenvalue weighted by Crippen LogP contribution is -2.26. The quantitative estimate of drug-likeness (QED) is 0.733. The summed E-state index contributed by atoms with van der Waals surface area (Å²) in [5, 5.41) is 2.90. The molecule has 7 heteroatoms. The van der Waals surface area contributed by atoms with E-state index in [1.165, 1.54) is 0 Å². The van der Waals surface area contributed by atoms with Crippen molar-refractivity contribution in [3.63, 3.8) is 0 Å². The van der Waals surface area contributed by atoms with E-state index in [1.807, 2.05) is 17.7 Å². The lowest BCUT2D eigenvalue weighted by atomic mass is 10.2. The van der Waals surface area contributed by atoms with Crippen molar-refractivity contribution in [3.8, 4) is 0 Å². The Hall–Kier alpha value is -1.08. The topological polar surface area (TPSA) is 73.2 Å². The van der Waals surface area contributed by atoms with Crippen molar-refractivity contribution in [2.45, 2.75) is 38.0 Å². The minimum Gasteiger partial charge on any atom is -0.382 e. The van der Waals surface area contributed by atoms with Crippen molar-refractivity contribution in [2.75, 3.05) is 30.8 Å². The average Bonchev–Trinajstić information content (AvgIpc) is 2.98. The van der Waals surface area contributed by atoms with Crippen LogP contribution in [0.3, 0.4) is 0 Å². The molecule has 1 aliphatic heterocycles. The summed E-state index contributed by atoms with van der Waals surface area (Å²) in [6.07, 6.45) is 6.07. The molecule has 0 amide bonds. The molecular weight excluding hydrogens is 278 g/mol. The largest absolute Gasteiger partial charge is 0.382 e. The minimum atomic E-state index is -2.90. The Kier molecular flexibility index (Phi) is 5.42. The molecule has 1 fully saturated rings. The highest BCUT2D eigenvalue weighted by molar-refractivity contribution is 7.92. The zero-order valence-electron chi connectivity index (χ0n) is 11.9. The van der Waals surface area contributed by atoms with Crippen LogP contribution in [-0.2, 0) is 21.1 Å². The zero-order chi connectivity index (χ0) is 14.4. The van der Waals surface area contributed by atoms with E-state index in [2.05, 4.69) is 10.3 Å². The predicted octanol–water partition coefficient (Wildman–Crippen LogP) is 1.30. The molecule has 1 atom stereocenters. The molecular formula is C13H23N3O3S. The molecule has 0 radical (unpaired) electrons. The van der Waals surface area contributed by atoms with Gasteiger partial charge in [-0.1, -0.05) is 0 Å². The second-order valence-electron chi connectivity index (χ2n) is 5.01. The summed E-state index contributed by atoms with van der Waals surface area (Å²) in [6, 6.07) is 0. The summed E-state index contributed by atoms with van der Waals surface area (Å²) in [5.74, 6) is 1.06. The third kappa shape index (κ3) is 3.96. The van der Waals surface area contributed by atoms with Crippen LogP contribution in [0, 0.1) is 0 Å². The Labute approximate surface area is 120 Å². The van der Waals surface area contributed by atoms with Crippen LogP contribution in [0.4, 0.5) is 5.95 Å². The van der Waals surface area contributed by atoms with Crippen molar-refractivity contribution in [3.05, 3.63) is 12.4 Å². The molecule has 1 unspecified atom stereocenters. The molecule has 114 valence electrons. The van der Waals surface area contributed by atoms with Gasteiger partial charge in [-0.3, -0.25) is 0 Å². The Morgan fingerprint density at radius 3 is 3.10 bits per heavy atom. The lowest BCUT2D eigenvalue weighted by molar-refractivity contribution is 0.142. The molecule has 0 bridgehead atoms. The van der Waals surface area contributed by atoms with E-state index in [0.29, 0.717) is 12.3 Å². The van der Waals surface area contributed by atoms with E-state index in [4.69, 9.17) is 4.74 Å². The number of rotatable bonds is 8. The normalized spacial score (nSPS) is 21.1. The van der Waals surface area contributed by atoms with Crippen molar-refractivity contribution >= 4 is 15.8 Å². The van der Waals surface area contributed by atoms with Gasteiger partial charge in [0.1, 0.15) is 0 Å². The number of hydrogen-bond acceptors (Lipinski definition) is 5. The molecule has 2 rings (SSSR count). The second kappa shape index (κ2) is 7.08. The van der Waals surface area contributed by atoms with Gasteiger partial charge in [0.2, 0.25) is 5.95 Å². The van der Waals surface area contributed by atoms with Gasteiger partial charge >= 0.3 is 0 Å². The Morgan fingerprint density at radius 2 is 2.40 bits per heavy atom. The van der Waals surface area contributed by atoms with Crippen LogP contribution in [0.5, 0.6) is 0 Å². The summed E-state index contributed by atoms with van der Waals surface area (Å²) in [6.45, 7) is 4.70. The SMILES string of the molecule is CCOCCCn1ccnc1NCC1CCCS1(=O)=O. The Morgan fingerprint density at radius 1 is 1.55 bits per heavy atom. The van der Waals surface area contributed by atoms with Gasteiger partial charge < -0.3 is 14.6 Å². The predicted molar refractivity (Wildman–Crippen MR) is 78.6 cm³/mol. The maximum atomic E-state index is 11.8. The maximum Gasteiger partial charge on any atom is 0.202 e. The molecule has 1 aromatic rings. The van der Waals surface area contributed by atoms with Crippen LogP contribution in [-0.4, -0.2) is 48.7 Å². The highest BCUT2D eigenvalue weighted by Gasteiger charge is 2.31. The molecule has 2 heterocycles. The second-order valence-corrected chi connectivity index (χ2v) is 7.41. The number of sulfone groups is 1. The van der Waals surface area contributed by atoms with Crippen molar-refractivity contribution < 1.29 is 13.2 Å². The standard InChI is InChI=1S/C13H23N3O3S/c1-2-19-9-4-7-16-8-6-14-13(16)15-11-12-5-3-10-20(12,17)18/h6,8,12H,2-5,7,9-11H2,1H3,(H,14,15). The van der Waals surface area contributed by atoms with Gasteiger partial charge in [-0.05, 0) is 26.2 Å². The van der Waals surface area contributed by atoms with Crippen LogP contribution in [0.15, 0.2) is 12.4 Å². The summed E-state index contributed by atoms with van der Waals surface area (Å²) in [5.41, 5.74) is 0. The Balaban J connectivity index is 1.83. The van der Waals surface area contributed by atoms with Gasteiger partial charge in [0.05, 0.1) is 11.0 Å². The number of aromatic nitrogens is 2. The monoisotopic (exact) mass is 301 g/mol. The molecule has 0 saturated carbocycles. The number of imidazole rings is 1. The fraction of sp³-hybridized carbons (Fsp3) is 0.769. The van der Waals surface area contributed by atoms with Crippen molar-refractivity contribution in [2.24, 2.45) is 0 Å². The maximum absolute atomic E-state index is 11.8. The highest BCUT2D eigenvalue weighted by Crippen LogP contribution is 2.20. The van der Waals surface area contributed by atoms with Gasteiger partial charge in [0, 0.05) is 38.7 Å². The summed E-state index contributed by atoms with van der Waals surface area (Å²) >= 11 is 0. The van der Waals surface area contributed by atoms with Crippen LogP contribution >= 0.6 is 0 Å². The first-order chi connectivity index (χ1) is 9.63. The van der Waals surface area contributed by atoms with Gasteiger partial charge in [-0.15, -0.1) is 0 Å². The fourth-order valence-corrected chi connectivity index (χ4v) is 4.20. The van der Waals surface area contributed by atoms with E-state index < -0.39 is 9.84 Å². The number of nitrogens with one attached hydrogen (secondary N) is 1. The van der Waals surface area contributed by atoms with Crippen molar-refractivity contribution in [1.29, 1.82) is 0 Å². The third-order valence-electron chi connectivity index (χ3n) is 3.56. The molecule has 0 spiro atoms. The summed E-state index contributed by atoms with van der Waals surface area (Å²) in [7, 11) is -2.90. The van der Waals surface area contributed by atoms with Crippen LogP contribution < -0.4 is 5.32 Å². The van der Waals surface area contributed by atoms with Gasteiger partial charge in [0.15, 0.2) is 9.84 Å². The minimum absolute atomic E-state index is 0.268. The molecule has 20 heavy (non-hydrogen) atoms. The average molecular weight is 301 g/mol. The van der Waals surface area contributed by atoms with E-state index >= 15 is 0 Å². The third-order valence-corrected chi connectivity index (χ3v) is 5.83. The first kappa shape index (κ1) is 15.3. The number of hydrogen-bond donors (Lipinski definition) is 1. The number of anilines is 1. The van der Waals surface area contributed by atoms with Crippen LogP contribution in [0.2, 0.25) is 0 Å². The number of aryl methyl sites for hydroxylation is 1. The zero-order valence-corrected chi connectivity index (χ0v) is 12.7. The number of nitrogens with zero attached hydrogens (tertiary/aromatic N) is 2. The highest BCUT2D eigenvalue weighted by atomic mass is 32.2. The van der Waals surface area contributed by atoms with E-state index in [0.717, 1.165) is 45.0 Å². The fourth-order valence-electron chi connectivity index (χ4n) is 2.43. The first-order valence-electron chi connectivity index (χ1n) is 7.18. The van der Waals surface area contributed by atoms with Gasteiger partial charge in [0.25, 0.3) is 0 Å². The molecule has 0 aliphatic carbocycles. The van der Waals surface area contributed by atoms with Crippen molar-refractivity contribution in [1.82, 2.24) is 9.55 Å². The van der Waals surface area contributed by atoms with E-state index in [1.54, 1.807) is 6.20 Å². The lowest BCUT2D eigenvalue weighted by Gasteiger charge is -2.13. The van der Waals surface area contributed by atoms with E-state index in [-0.39, 0.29) is 5.25 Å². The molecule has 1 aliphatic rings. The van der Waals surface area contributed by atoms with E-state index in [9.17, 15) is 8.42 Å². The first-order valence-corrected chi connectivity index (χ1v) is 8.89. The smallest absolute Gasteiger partial charge is 0.202 e. The van der Waals surface area contributed by atoms with Gasteiger partial charge in [-0.25, -0.2) is 13.4 Å². The van der Waals surface area contributed by atoms with Gasteiger partial charge in [-0.2, -0.15) is 0 Å². The molecule has 1 aromatic heterocycles. The van der Waals surface area contributed by atoms with Crippen LogP contribution in [0.25, 0.3) is 0 Å². The molecule has 0 aromatic carbocycles. The number of ether oxygens (including phenoxy) is 1. The summed E-state index contributed by atoms with van der Waals surface area (Å²) < 4.78 is 30.8. The summed E-state index contributed by atoms with van der Waals surface area (Å²) in [4.78, 5) is 4.24. The van der Waals surface area contributed by atoms with Crippen LogP contribution in [0.1, 0.15) is 26.2 Å². The molecule has 1 saturated heterocycles. The molecule has 1 N–H and O–H groups in total.